The number of aryl methyl sites for hydroxylation is 1. The molecule has 0 aromatic heterocycles. The van der Waals surface area contributed by atoms with Crippen molar-refractivity contribution in [3.63, 3.8) is 0 Å². The lowest BCUT2D eigenvalue weighted by Gasteiger charge is -2.29. The van der Waals surface area contributed by atoms with E-state index >= 15 is 0 Å². The second-order valence-electron chi connectivity index (χ2n) is 4.81. The van der Waals surface area contributed by atoms with Crippen molar-refractivity contribution in [1.29, 1.82) is 0 Å². The fourth-order valence-electron chi connectivity index (χ4n) is 2.07. The Hall–Kier alpha value is -1.56. The van der Waals surface area contributed by atoms with Gasteiger partial charge >= 0.3 is 0 Å². The predicted molar refractivity (Wildman–Crippen MR) is 70.2 cm³/mol. The van der Waals surface area contributed by atoms with Gasteiger partial charge in [-0.15, -0.1) is 4.40 Å². The topological polar surface area (TPSA) is 70.6 Å². The molecule has 1 aromatic rings. The predicted octanol–water partition coefficient (Wildman–Crippen LogP) is 1.61. The van der Waals surface area contributed by atoms with Crippen LogP contribution in [0.2, 0.25) is 0 Å². The lowest BCUT2D eigenvalue weighted by Crippen LogP contribution is -2.44. The van der Waals surface area contributed by atoms with Gasteiger partial charge in [0.25, 0.3) is 10.0 Å². The summed E-state index contributed by atoms with van der Waals surface area (Å²) >= 11 is 0. The van der Waals surface area contributed by atoms with Crippen molar-refractivity contribution >= 4 is 21.7 Å². The van der Waals surface area contributed by atoms with Crippen molar-refractivity contribution in [2.24, 2.45) is 4.40 Å². The Bertz CT molecular complexity index is 618. The summed E-state index contributed by atoms with van der Waals surface area (Å²) in [5, 5.41) is 6.16. The summed E-state index contributed by atoms with van der Waals surface area (Å²) in [5.74, 6) is 0.344. The monoisotopic (exact) mass is 265 g/mol. The summed E-state index contributed by atoms with van der Waals surface area (Å²) in [4.78, 5) is 0.252. The van der Waals surface area contributed by atoms with E-state index in [9.17, 15) is 8.42 Å². The molecule has 2 aliphatic rings. The summed E-state index contributed by atoms with van der Waals surface area (Å²) in [5.41, 5.74) is 1.50. The standard InChI is InChI=1S/C12H15N3O2S/c1-8-5-6-10-11(7-8)18(16,17)15-12(14-10)13-9-3-2-4-9/h5-7,9H,2-4H2,1H3,(H2,13,14,15). The fraction of sp³-hybridized carbons (Fsp3) is 0.417. The molecule has 0 atom stereocenters. The molecule has 1 aromatic carbocycles. The number of sulfonamides is 1. The smallest absolute Gasteiger partial charge is 0.287 e. The summed E-state index contributed by atoms with van der Waals surface area (Å²) < 4.78 is 27.9. The van der Waals surface area contributed by atoms with Gasteiger partial charge in [0, 0.05) is 6.04 Å². The van der Waals surface area contributed by atoms with Crippen LogP contribution in [0, 0.1) is 6.92 Å². The molecule has 0 spiro atoms. The number of hydrogen-bond donors (Lipinski definition) is 2. The van der Waals surface area contributed by atoms with Crippen LogP contribution >= 0.6 is 0 Å². The largest absolute Gasteiger partial charge is 0.352 e. The van der Waals surface area contributed by atoms with Gasteiger partial charge in [0.05, 0.1) is 5.69 Å². The van der Waals surface area contributed by atoms with Gasteiger partial charge in [-0.25, -0.2) is 0 Å². The maximum atomic E-state index is 12.1. The van der Waals surface area contributed by atoms with Crippen LogP contribution in [0.4, 0.5) is 5.69 Å². The highest BCUT2D eigenvalue weighted by Gasteiger charge is 2.27. The molecule has 1 saturated carbocycles. The molecule has 3 rings (SSSR count). The van der Waals surface area contributed by atoms with Crippen LogP contribution in [0.15, 0.2) is 27.5 Å². The van der Waals surface area contributed by atoms with Gasteiger partial charge in [0.15, 0.2) is 0 Å². The Balaban J connectivity index is 1.95. The van der Waals surface area contributed by atoms with Crippen molar-refractivity contribution < 1.29 is 8.42 Å². The number of nitrogens with zero attached hydrogens (tertiary/aromatic N) is 1. The zero-order valence-electron chi connectivity index (χ0n) is 10.1. The van der Waals surface area contributed by atoms with Crippen LogP contribution in [-0.2, 0) is 10.0 Å². The molecule has 5 nitrogen and oxygen atoms in total. The van der Waals surface area contributed by atoms with Crippen LogP contribution in [0.3, 0.4) is 0 Å². The minimum Gasteiger partial charge on any atom is -0.352 e. The van der Waals surface area contributed by atoms with E-state index in [1.807, 2.05) is 13.0 Å². The maximum Gasteiger partial charge on any atom is 0.287 e. The molecule has 2 N–H and O–H groups in total. The van der Waals surface area contributed by atoms with E-state index in [2.05, 4.69) is 15.0 Å². The number of anilines is 1. The molecule has 0 amide bonds. The van der Waals surface area contributed by atoms with E-state index < -0.39 is 10.0 Å². The van der Waals surface area contributed by atoms with E-state index in [1.165, 1.54) is 6.42 Å². The van der Waals surface area contributed by atoms with Gasteiger partial charge in [0.2, 0.25) is 5.96 Å². The Morgan fingerprint density at radius 3 is 2.83 bits per heavy atom. The van der Waals surface area contributed by atoms with Gasteiger partial charge < -0.3 is 10.6 Å². The molecule has 6 heteroatoms. The van der Waals surface area contributed by atoms with Gasteiger partial charge in [-0.2, -0.15) is 8.42 Å². The lowest BCUT2D eigenvalue weighted by molar-refractivity contribution is 0.383. The quantitative estimate of drug-likeness (QED) is 0.809. The first-order valence-electron chi connectivity index (χ1n) is 6.04. The molecule has 1 fully saturated rings. The van der Waals surface area contributed by atoms with E-state index in [0.717, 1.165) is 18.4 Å². The third-order valence-electron chi connectivity index (χ3n) is 3.33. The minimum atomic E-state index is -3.58. The highest BCUT2D eigenvalue weighted by molar-refractivity contribution is 7.90. The van der Waals surface area contributed by atoms with Gasteiger partial charge in [-0.3, -0.25) is 0 Å². The third-order valence-corrected chi connectivity index (χ3v) is 4.64. The highest BCUT2D eigenvalue weighted by atomic mass is 32.2. The summed E-state index contributed by atoms with van der Waals surface area (Å²) in [6, 6.07) is 5.65. The van der Waals surface area contributed by atoms with Crippen LogP contribution < -0.4 is 10.6 Å². The number of fused-ring (bicyclic) bond motifs is 1. The Labute approximate surface area is 106 Å². The zero-order valence-corrected chi connectivity index (χ0v) is 10.9. The molecule has 0 radical (unpaired) electrons. The zero-order chi connectivity index (χ0) is 12.8. The van der Waals surface area contributed by atoms with E-state index in [1.54, 1.807) is 12.1 Å². The third kappa shape index (κ3) is 1.96. The van der Waals surface area contributed by atoms with Crippen molar-refractivity contribution in [1.82, 2.24) is 5.32 Å². The molecular formula is C12H15N3O2S. The molecule has 1 heterocycles. The first-order chi connectivity index (χ1) is 8.54. The molecule has 1 aliphatic carbocycles. The van der Waals surface area contributed by atoms with E-state index in [-0.39, 0.29) is 4.90 Å². The average molecular weight is 265 g/mol. The normalized spacial score (nSPS) is 21.3. The molecule has 0 unspecified atom stereocenters. The number of hydrogen-bond acceptors (Lipinski definition) is 4. The Morgan fingerprint density at radius 2 is 2.17 bits per heavy atom. The van der Waals surface area contributed by atoms with Crippen LogP contribution in [-0.4, -0.2) is 20.4 Å². The summed E-state index contributed by atoms with van der Waals surface area (Å²) in [6.45, 7) is 1.86. The van der Waals surface area contributed by atoms with Gasteiger partial charge in [-0.05, 0) is 43.9 Å². The fourth-order valence-corrected chi connectivity index (χ4v) is 3.24. The lowest BCUT2D eigenvalue weighted by atomic mass is 9.93. The first kappa shape index (κ1) is 11.5. The molecular weight excluding hydrogens is 250 g/mol. The number of guanidine groups is 1. The molecule has 96 valence electrons. The molecule has 1 aliphatic heterocycles. The summed E-state index contributed by atoms with van der Waals surface area (Å²) in [7, 11) is -3.58. The van der Waals surface area contributed by atoms with Crippen molar-refractivity contribution in [2.75, 3.05) is 5.32 Å². The van der Waals surface area contributed by atoms with Crippen molar-refractivity contribution in [3.05, 3.63) is 23.8 Å². The van der Waals surface area contributed by atoms with Gasteiger partial charge in [-0.1, -0.05) is 6.07 Å². The number of benzene rings is 1. The van der Waals surface area contributed by atoms with Crippen molar-refractivity contribution in [2.45, 2.75) is 37.1 Å². The first-order valence-corrected chi connectivity index (χ1v) is 7.48. The molecule has 0 bridgehead atoms. The SMILES string of the molecule is Cc1ccc2c(c1)S(=O)(=O)N=C(NC1CCC1)N2. The second kappa shape index (κ2) is 3.98. The second-order valence-corrected chi connectivity index (χ2v) is 6.38. The number of rotatable bonds is 1. The molecule has 18 heavy (non-hydrogen) atoms. The van der Waals surface area contributed by atoms with Crippen LogP contribution in [0.1, 0.15) is 24.8 Å². The molecule has 0 saturated heterocycles. The van der Waals surface area contributed by atoms with Crippen LogP contribution in [0.25, 0.3) is 0 Å². The summed E-state index contributed by atoms with van der Waals surface area (Å²) in [6.07, 6.45) is 3.33. The Morgan fingerprint density at radius 1 is 1.39 bits per heavy atom. The van der Waals surface area contributed by atoms with Crippen LogP contribution in [0.5, 0.6) is 0 Å². The highest BCUT2D eigenvalue weighted by Crippen LogP contribution is 2.28. The van der Waals surface area contributed by atoms with Gasteiger partial charge in [0.1, 0.15) is 4.90 Å². The van der Waals surface area contributed by atoms with Crippen molar-refractivity contribution in [3.8, 4) is 0 Å². The number of nitrogens with one attached hydrogen (secondary N) is 2. The minimum absolute atomic E-state index is 0.252. The van der Waals surface area contributed by atoms with E-state index in [4.69, 9.17) is 0 Å². The Kier molecular flexibility index (Phi) is 2.55. The maximum absolute atomic E-state index is 12.1. The van der Waals surface area contributed by atoms with E-state index in [0.29, 0.717) is 17.7 Å². The average Bonchev–Trinajstić information content (AvgIpc) is 2.24.